The molecule has 2 rings (SSSR count). The number of aromatic nitrogens is 2. The van der Waals surface area contributed by atoms with Gasteiger partial charge in [-0.25, -0.2) is 9.37 Å². The predicted octanol–water partition coefficient (Wildman–Crippen LogP) is 2.28. The number of amides is 1. The van der Waals surface area contributed by atoms with Crippen LogP contribution in [0.25, 0.3) is 0 Å². The van der Waals surface area contributed by atoms with Crippen molar-refractivity contribution in [3.8, 4) is 17.6 Å². The van der Waals surface area contributed by atoms with Gasteiger partial charge >= 0.3 is 6.01 Å². The van der Waals surface area contributed by atoms with Crippen LogP contribution in [0.2, 0.25) is 0 Å². The van der Waals surface area contributed by atoms with Crippen LogP contribution in [0.4, 0.5) is 4.39 Å². The van der Waals surface area contributed by atoms with Crippen LogP contribution in [0.3, 0.4) is 0 Å². The Labute approximate surface area is 121 Å². The number of rotatable bonds is 4. The van der Waals surface area contributed by atoms with Gasteiger partial charge in [0.05, 0.1) is 23.3 Å². The summed E-state index contributed by atoms with van der Waals surface area (Å²) >= 11 is 3.20. The maximum atomic E-state index is 13.6. The lowest BCUT2D eigenvalue weighted by Crippen LogP contribution is -2.12. The molecule has 0 aliphatic rings. The number of ether oxygens (including phenoxy) is 2. The van der Waals surface area contributed by atoms with Crippen LogP contribution in [-0.2, 0) is 0 Å². The van der Waals surface area contributed by atoms with Gasteiger partial charge in [-0.15, -0.1) is 0 Å². The number of methoxy groups -OCH3 is 1. The van der Waals surface area contributed by atoms with E-state index in [0.29, 0.717) is 4.47 Å². The monoisotopic (exact) mass is 341 g/mol. The molecule has 6 nitrogen and oxygen atoms in total. The highest BCUT2D eigenvalue weighted by molar-refractivity contribution is 9.10. The van der Waals surface area contributed by atoms with E-state index in [9.17, 15) is 9.18 Å². The molecule has 0 radical (unpaired) electrons. The van der Waals surface area contributed by atoms with E-state index < -0.39 is 11.7 Å². The summed E-state index contributed by atoms with van der Waals surface area (Å²) in [7, 11) is 1.44. The number of carbonyl (C=O) groups excluding carboxylic acids is 1. The highest BCUT2D eigenvalue weighted by Crippen LogP contribution is 2.26. The molecule has 0 unspecified atom stereocenters. The van der Waals surface area contributed by atoms with Gasteiger partial charge in [0.2, 0.25) is 5.88 Å². The van der Waals surface area contributed by atoms with Crippen LogP contribution < -0.4 is 15.2 Å². The first-order valence-corrected chi connectivity index (χ1v) is 6.14. The Hall–Kier alpha value is -2.22. The SMILES string of the molecule is COc1nc(Oc2ccc(C(N)=O)c(F)c2)ncc1Br. The number of hydrogen-bond acceptors (Lipinski definition) is 5. The Bertz CT molecular complexity index is 666. The van der Waals surface area contributed by atoms with Crippen LogP contribution in [0.15, 0.2) is 28.9 Å². The number of halogens is 2. The normalized spacial score (nSPS) is 10.2. The molecule has 8 heteroatoms. The van der Waals surface area contributed by atoms with E-state index in [4.69, 9.17) is 15.2 Å². The summed E-state index contributed by atoms with van der Waals surface area (Å²) in [6.45, 7) is 0. The first-order valence-electron chi connectivity index (χ1n) is 5.35. The summed E-state index contributed by atoms with van der Waals surface area (Å²) in [6.07, 6.45) is 1.44. The van der Waals surface area contributed by atoms with Gasteiger partial charge < -0.3 is 15.2 Å². The highest BCUT2D eigenvalue weighted by atomic mass is 79.9. The Kier molecular flexibility index (Phi) is 4.14. The number of primary amides is 1. The average Bonchev–Trinajstić information content (AvgIpc) is 2.40. The maximum absolute atomic E-state index is 13.6. The van der Waals surface area contributed by atoms with E-state index in [1.807, 2.05) is 0 Å². The molecule has 2 N–H and O–H groups in total. The second-order valence-corrected chi connectivity index (χ2v) is 4.47. The van der Waals surface area contributed by atoms with Crippen molar-refractivity contribution in [2.75, 3.05) is 7.11 Å². The van der Waals surface area contributed by atoms with Gasteiger partial charge in [-0.1, -0.05) is 0 Å². The average molecular weight is 342 g/mol. The third-order valence-electron chi connectivity index (χ3n) is 2.30. The number of hydrogen-bond donors (Lipinski definition) is 1. The lowest BCUT2D eigenvalue weighted by Gasteiger charge is -2.07. The summed E-state index contributed by atoms with van der Waals surface area (Å²) < 4.78 is 24.4. The van der Waals surface area contributed by atoms with Crippen LogP contribution in [0.5, 0.6) is 17.6 Å². The van der Waals surface area contributed by atoms with E-state index in [-0.39, 0.29) is 23.2 Å². The number of carbonyl (C=O) groups is 1. The number of nitrogens with two attached hydrogens (primary N) is 1. The fourth-order valence-corrected chi connectivity index (χ4v) is 1.75. The largest absolute Gasteiger partial charge is 0.480 e. The van der Waals surface area contributed by atoms with Gasteiger partial charge in [-0.3, -0.25) is 4.79 Å². The second kappa shape index (κ2) is 5.83. The van der Waals surface area contributed by atoms with E-state index in [1.54, 1.807) is 0 Å². The molecule has 0 saturated carbocycles. The quantitative estimate of drug-likeness (QED) is 0.921. The Balaban J connectivity index is 2.26. The van der Waals surface area contributed by atoms with Gasteiger partial charge in [0.1, 0.15) is 11.6 Å². The van der Waals surface area contributed by atoms with Gasteiger partial charge in [0, 0.05) is 6.07 Å². The fourth-order valence-electron chi connectivity index (χ4n) is 1.39. The van der Waals surface area contributed by atoms with Crippen molar-refractivity contribution in [2.24, 2.45) is 5.73 Å². The molecule has 20 heavy (non-hydrogen) atoms. The fraction of sp³-hybridized carbons (Fsp3) is 0.0833. The zero-order valence-electron chi connectivity index (χ0n) is 10.3. The molecule has 0 bridgehead atoms. The smallest absolute Gasteiger partial charge is 0.325 e. The van der Waals surface area contributed by atoms with Crippen molar-refractivity contribution in [3.05, 3.63) is 40.2 Å². The Morgan fingerprint density at radius 2 is 2.20 bits per heavy atom. The number of benzene rings is 1. The van der Waals surface area contributed by atoms with Crippen molar-refractivity contribution in [1.29, 1.82) is 0 Å². The summed E-state index contributed by atoms with van der Waals surface area (Å²) in [4.78, 5) is 18.8. The van der Waals surface area contributed by atoms with Crippen molar-refractivity contribution in [1.82, 2.24) is 9.97 Å². The maximum Gasteiger partial charge on any atom is 0.325 e. The predicted molar refractivity (Wildman–Crippen MR) is 71.3 cm³/mol. The minimum absolute atomic E-state index is 0.0173. The molecule has 1 heterocycles. The van der Waals surface area contributed by atoms with E-state index in [0.717, 1.165) is 6.07 Å². The highest BCUT2D eigenvalue weighted by Gasteiger charge is 2.11. The minimum Gasteiger partial charge on any atom is -0.480 e. The summed E-state index contributed by atoms with van der Waals surface area (Å²) in [5.74, 6) is -1.21. The van der Waals surface area contributed by atoms with E-state index >= 15 is 0 Å². The molecule has 0 spiro atoms. The standard InChI is InChI=1S/C12H9BrFN3O3/c1-19-11-8(13)5-16-12(17-11)20-6-2-3-7(10(15)18)9(14)4-6/h2-5H,1H3,(H2,15,18). The molecule has 0 atom stereocenters. The van der Waals surface area contributed by atoms with E-state index in [2.05, 4.69) is 25.9 Å². The molecule has 0 fully saturated rings. The second-order valence-electron chi connectivity index (χ2n) is 3.62. The molecule has 0 aliphatic heterocycles. The molecular weight excluding hydrogens is 333 g/mol. The Morgan fingerprint density at radius 3 is 2.80 bits per heavy atom. The third kappa shape index (κ3) is 3.02. The zero-order valence-corrected chi connectivity index (χ0v) is 11.8. The van der Waals surface area contributed by atoms with Gasteiger partial charge in [-0.05, 0) is 28.1 Å². The molecule has 0 saturated heterocycles. The first-order chi connectivity index (χ1) is 9.51. The van der Waals surface area contributed by atoms with E-state index in [1.165, 1.54) is 25.4 Å². The Morgan fingerprint density at radius 1 is 1.45 bits per heavy atom. The lowest BCUT2D eigenvalue weighted by atomic mass is 10.2. The summed E-state index contributed by atoms with van der Waals surface area (Å²) in [5, 5.41) is 0. The zero-order chi connectivity index (χ0) is 14.7. The molecule has 1 aromatic carbocycles. The molecule has 2 aromatic rings. The van der Waals surface area contributed by atoms with Crippen LogP contribution in [0.1, 0.15) is 10.4 Å². The van der Waals surface area contributed by atoms with Gasteiger partial charge in [0.15, 0.2) is 0 Å². The van der Waals surface area contributed by atoms with Crippen molar-refractivity contribution in [3.63, 3.8) is 0 Å². The first kappa shape index (κ1) is 14.2. The molecule has 0 aliphatic carbocycles. The molecule has 1 aromatic heterocycles. The third-order valence-corrected chi connectivity index (χ3v) is 2.84. The van der Waals surface area contributed by atoms with Crippen LogP contribution >= 0.6 is 15.9 Å². The number of nitrogens with zero attached hydrogens (tertiary/aromatic N) is 2. The molecule has 1 amide bonds. The summed E-state index contributed by atoms with van der Waals surface area (Å²) in [5.41, 5.74) is 4.79. The molecular formula is C12H9BrFN3O3. The van der Waals surface area contributed by atoms with Gasteiger partial charge in [0.25, 0.3) is 5.91 Å². The van der Waals surface area contributed by atoms with Crippen LogP contribution in [-0.4, -0.2) is 23.0 Å². The lowest BCUT2D eigenvalue weighted by molar-refractivity contribution is 0.0996. The van der Waals surface area contributed by atoms with Crippen molar-refractivity contribution in [2.45, 2.75) is 0 Å². The van der Waals surface area contributed by atoms with Gasteiger partial charge in [-0.2, -0.15) is 4.98 Å². The van der Waals surface area contributed by atoms with Crippen LogP contribution in [0, 0.1) is 5.82 Å². The molecule has 104 valence electrons. The summed E-state index contributed by atoms with van der Waals surface area (Å²) in [6, 6.07) is 3.62. The minimum atomic E-state index is -0.851. The topological polar surface area (TPSA) is 87.3 Å². The van der Waals surface area contributed by atoms with Crippen molar-refractivity contribution < 1.29 is 18.7 Å². The van der Waals surface area contributed by atoms with Crippen molar-refractivity contribution >= 4 is 21.8 Å².